The van der Waals surface area contributed by atoms with Crippen LogP contribution in [0.25, 0.3) is 0 Å². The molecule has 7 heteroatoms. The van der Waals surface area contributed by atoms with Crippen LogP contribution >= 0.6 is 35.3 Å². The van der Waals surface area contributed by atoms with Gasteiger partial charge in [0.1, 0.15) is 0 Å². The summed E-state index contributed by atoms with van der Waals surface area (Å²) >= 11 is 1.84. The summed E-state index contributed by atoms with van der Waals surface area (Å²) < 4.78 is 5.43. The fourth-order valence-electron chi connectivity index (χ4n) is 2.58. The van der Waals surface area contributed by atoms with Gasteiger partial charge in [0, 0.05) is 28.8 Å². The zero-order valence-corrected chi connectivity index (χ0v) is 18.6. The molecule has 0 radical (unpaired) electrons. The van der Waals surface area contributed by atoms with Gasteiger partial charge in [-0.05, 0) is 31.4 Å². The Balaban J connectivity index is 0.00000312. The van der Waals surface area contributed by atoms with E-state index >= 15 is 0 Å². The fourth-order valence-corrected chi connectivity index (χ4v) is 3.48. The SMILES string of the molecule is CCc1ccc(CNC(=NC)NCc2cc(C(CC)CC)no2)s1.I. The Morgan fingerprint density at radius 2 is 1.84 bits per heavy atom. The summed E-state index contributed by atoms with van der Waals surface area (Å²) in [5.41, 5.74) is 1.05. The van der Waals surface area contributed by atoms with Gasteiger partial charge in [-0.2, -0.15) is 0 Å². The number of halogens is 1. The topological polar surface area (TPSA) is 62.5 Å². The minimum absolute atomic E-state index is 0. The van der Waals surface area contributed by atoms with Gasteiger partial charge in [-0.15, -0.1) is 35.3 Å². The van der Waals surface area contributed by atoms with Crippen molar-refractivity contribution < 1.29 is 4.52 Å². The standard InChI is InChI=1S/C18H28N4OS.HI/c1-5-13(6-2)17-10-14(23-22-17)11-20-18(19-4)21-12-16-9-8-15(7-3)24-16;/h8-10,13H,5-7,11-12H2,1-4H3,(H2,19,20,21);1H. The van der Waals surface area contributed by atoms with Crippen molar-refractivity contribution in [2.75, 3.05) is 7.05 Å². The molecule has 0 saturated heterocycles. The maximum Gasteiger partial charge on any atom is 0.191 e. The number of thiophene rings is 1. The minimum Gasteiger partial charge on any atom is -0.359 e. The van der Waals surface area contributed by atoms with Crippen molar-refractivity contribution in [2.45, 2.75) is 59.0 Å². The van der Waals surface area contributed by atoms with Gasteiger partial charge < -0.3 is 15.2 Å². The molecule has 0 amide bonds. The summed E-state index contributed by atoms with van der Waals surface area (Å²) in [7, 11) is 1.78. The molecule has 2 aromatic rings. The number of hydrogen-bond acceptors (Lipinski definition) is 4. The zero-order chi connectivity index (χ0) is 17.4. The van der Waals surface area contributed by atoms with Crippen LogP contribution in [0.1, 0.15) is 60.7 Å². The molecule has 0 fully saturated rings. The highest BCUT2D eigenvalue weighted by Gasteiger charge is 2.13. The van der Waals surface area contributed by atoms with E-state index in [2.05, 4.69) is 53.7 Å². The highest BCUT2D eigenvalue weighted by atomic mass is 127. The van der Waals surface area contributed by atoms with Gasteiger partial charge in [0.05, 0.1) is 18.8 Å². The Morgan fingerprint density at radius 3 is 2.44 bits per heavy atom. The largest absolute Gasteiger partial charge is 0.359 e. The maximum atomic E-state index is 5.43. The lowest BCUT2D eigenvalue weighted by molar-refractivity contribution is 0.368. The highest BCUT2D eigenvalue weighted by molar-refractivity contribution is 14.0. The van der Waals surface area contributed by atoms with Gasteiger partial charge in [0.25, 0.3) is 0 Å². The molecule has 0 spiro atoms. The van der Waals surface area contributed by atoms with Crippen LogP contribution in [0.3, 0.4) is 0 Å². The van der Waals surface area contributed by atoms with Crippen LogP contribution in [0.15, 0.2) is 27.7 Å². The van der Waals surface area contributed by atoms with Gasteiger partial charge in [0.2, 0.25) is 0 Å². The van der Waals surface area contributed by atoms with Crippen LogP contribution in [-0.4, -0.2) is 18.2 Å². The Kier molecular flexibility index (Phi) is 10.1. The van der Waals surface area contributed by atoms with E-state index in [0.717, 1.165) is 43.2 Å². The molecule has 140 valence electrons. The first-order valence-corrected chi connectivity index (χ1v) is 9.49. The van der Waals surface area contributed by atoms with Crippen LogP contribution in [0.5, 0.6) is 0 Å². The molecular weight excluding hydrogens is 447 g/mol. The third kappa shape index (κ3) is 6.62. The molecule has 2 heterocycles. The lowest BCUT2D eigenvalue weighted by Crippen LogP contribution is -2.36. The van der Waals surface area contributed by atoms with Gasteiger partial charge in [-0.1, -0.05) is 25.9 Å². The predicted octanol–water partition coefficient (Wildman–Crippen LogP) is 4.69. The van der Waals surface area contributed by atoms with E-state index in [0.29, 0.717) is 12.5 Å². The number of aryl methyl sites for hydroxylation is 1. The molecule has 0 unspecified atom stereocenters. The predicted molar refractivity (Wildman–Crippen MR) is 116 cm³/mol. The monoisotopic (exact) mass is 476 g/mol. The van der Waals surface area contributed by atoms with Crippen LogP contribution in [0, 0.1) is 0 Å². The van der Waals surface area contributed by atoms with Crippen molar-refractivity contribution in [1.29, 1.82) is 0 Å². The van der Waals surface area contributed by atoms with Crippen LogP contribution in [-0.2, 0) is 19.5 Å². The first kappa shape index (κ1) is 22.0. The van der Waals surface area contributed by atoms with E-state index in [9.17, 15) is 0 Å². The smallest absolute Gasteiger partial charge is 0.191 e. The Labute approximate surface area is 171 Å². The lowest BCUT2D eigenvalue weighted by Gasteiger charge is -2.09. The normalized spacial score (nSPS) is 11.5. The Hall–Kier alpha value is -1.09. The molecule has 0 aliphatic carbocycles. The average molecular weight is 476 g/mol. The molecule has 2 aromatic heterocycles. The van der Waals surface area contributed by atoms with E-state index in [1.165, 1.54) is 9.75 Å². The number of aromatic nitrogens is 1. The van der Waals surface area contributed by atoms with Crippen molar-refractivity contribution in [3.8, 4) is 0 Å². The van der Waals surface area contributed by atoms with Crippen molar-refractivity contribution in [1.82, 2.24) is 15.8 Å². The van der Waals surface area contributed by atoms with Crippen LogP contribution in [0.4, 0.5) is 0 Å². The number of hydrogen-bond donors (Lipinski definition) is 2. The molecule has 0 atom stereocenters. The second-order valence-electron chi connectivity index (χ2n) is 5.73. The van der Waals surface area contributed by atoms with E-state index in [-0.39, 0.29) is 24.0 Å². The highest BCUT2D eigenvalue weighted by Crippen LogP contribution is 2.22. The van der Waals surface area contributed by atoms with Crippen molar-refractivity contribution in [3.05, 3.63) is 39.4 Å². The summed E-state index contributed by atoms with van der Waals surface area (Å²) in [5, 5.41) is 10.8. The second kappa shape index (κ2) is 11.5. The van der Waals surface area contributed by atoms with Crippen molar-refractivity contribution >= 4 is 41.3 Å². The third-order valence-electron chi connectivity index (χ3n) is 4.13. The van der Waals surface area contributed by atoms with Gasteiger partial charge in [-0.25, -0.2) is 0 Å². The number of nitrogens with zero attached hydrogens (tertiary/aromatic N) is 2. The number of guanidine groups is 1. The maximum absolute atomic E-state index is 5.43. The quantitative estimate of drug-likeness (QED) is 0.330. The molecule has 0 aliphatic heterocycles. The van der Waals surface area contributed by atoms with E-state index in [1.54, 1.807) is 7.05 Å². The molecule has 2 N–H and O–H groups in total. The summed E-state index contributed by atoms with van der Waals surface area (Å²) in [6, 6.07) is 6.40. The summed E-state index contributed by atoms with van der Waals surface area (Å²) in [6.07, 6.45) is 3.25. The van der Waals surface area contributed by atoms with Crippen molar-refractivity contribution in [3.63, 3.8) is 0 Å². The summed E-state index contributed by atoms with van der Waals surface area (Å²) in [5.74, 6) is 2.08. The lowest BCUT2D eigenvalue weighted by atomic mass is 9.99. The Morgan fingerprint density at radius 1 is 1.16 bits per heavy atom. The van der Waals surface area contributed by atoms with Crippen LogP contribution < -0.4 is 10.6 Å². The molecule has 0 saturated carbocycles. The minimum atomic E-state index is 0. The van der Waals surface area contributed by atoms with Gasteiger partial charge in [0.15, 0.2) is 11.7 Å². The molecule has 2 rings (SSSR count). The van der Waals surface area contributed by atoms with E-state index in [4.69, 9.17) is 4.52 Å². The molecule has 5 nitrogen and oxygen atoms in total. The molecule has 0 aromatic carbocycles. The van der Waals surface area contributed by atoms with E-state index in [1.807, 2.05) is 17.4 Å². The molecule has 0 bridgehead atoms. The van der Waals surface area contributed by atoms with Crippen LogP contribution in [0.2, 0.25) is 0 Å². The molecular formula is C18H29IN4OS. The molecule has 0 aliphatic rings. The van der Waals surface area contributed by atoms with Crippen molar-refractivity contribution in [2.24, 2.45) is 4.99 Å². The van der Waals surface area contributed by atoms with E-state index < -0.39 is 0 Å². The number of rotatable bonds is 8. The molecule has 25 heavy (non-hydrogen) atoms. The van der Waals surface area contributed by atoms with Gasteiger partial charge in [-0.3, -0.25) is 4.99 Å². The summed E-state index contributed by atoms with van der Waals surface area (Å²) in [6.45, 7) is 7.90. The summed E-state index contributed by atoms with van der Waals surface area (Å²) in [4.78, 5) is 6.97. The Bertz CT molecular complexity index is 649. The number of aliphatic imine (C=N–C) groups is 1. The second-order valence-corrected chi connectivity index (χ2v) is 6.99. The first-order chi connectivity index (χ1) is 11.7. The zero-order valence-electron chi connectivity index (χ0n) is 15.5. The number of nitrogens with one attached hydrogen (secondary N) is 2. The first-order valence-electron chi connectivity index (χ1n) is 8.67. The fraction of sp³-hybridized carbons (Fsp3) is 0.556. The third-order valence-corrected chi connectivity index (χ3v) is 5.36. The average Bonchev–Trinajstić information content (AvgIpc) is 3.25. The van der Waals surface area contributed by atoms with Gasteiger partial charge >= 0.3 is 0 Å².